The van der Waals surface area contributed by atoms with Crippen LogP contribution in [-0.4, -0.2) is 43.8 Å². The fraction of sp³-hybridized carbons (Fsp3) is 0.647. The zero-order valence-electron chi connectivity index (χ0n) is 13.1. The molecule has 0 bridgehead atoms. The van der Waals surface area contributed by atoms with E-state index in [0.717, 1.165) is 37.6 Å². The van der Waals surface area contributed by atoms with Gasteiger partial charge in [0.1, 0.15) is 18.1 Å². The van der Waals surface area contributed by atoms with Crippen molar-refractivity contribution in [3.8, 4) is 11.5 Å². The summed E-state index contributed by atoms with van der Waals surface area (Å²) in [6.45, 7) is 6.35. The second-order valence-electron chi connectivity index (χ2n) is 5.52. The molecule has 1 aliphatic heterocycles. The van der Waals surface area contributed by atoms with Gasteiger partial charge in [0.05, 0.1) is 6.61 Å². The summed E-state index contributed by atoms with van der Waals surface area (Å²) in [6, 6.07) is 8.50. The van der Waals surface area contributed by atoms with Crippen LogP contribution in [0, 0.1) is 0 Å². The average molecular weight is 292 g/mol. The van der Waals surface area contributed by atoms with Gasteiger partial charge in [-0.3, -0.25) is 4.90 Å². The fourth-order valence-electron chi connectivity index (χ4n) is 2.95. The van der Waals surface area contributed by atoms with Gasteiger partial charge in [0.25, 0.3) is 0 Å². The highest BCUT2D eigenvalue weighted by Crippen LogP contribution is 2.20. The molecule has 1 aliphatic rings. The number of hydrogen-bond acceptors (Lipinski definition) is 4. The van der Waals surface area contributed by atoms with E-state index in [9.17, 15) is 0 Å². The molecule has 0 spiro atoms. The third-order valence-corrected chi connectivity index (χ3v) is 4.03. The molecule has 1 saturated heterocycles. The van der Waals surface area contributed by atoms with E-state index in [1.165, 1.54) is 25.8 Å². The number of piperidine rings is 1. The van der Waals surface area contributed by atoms with E-state index in [1.807, 2.05) is 31.2 Å². The minimum atomic E-state index is 0.646. The number of rotatable bonds is 8. The van der Waals surface area contributed by atoms with Gasteiger partial charge >= 0.3 is 0 Å². The van der Waals surface area contributed by atoms with E-state index in [2.05, 4.69) is 4.90 Å². The predicted octanol–water partition coefficient (Wildman–Crippen LogP) is 2.67. The summed E-state index contributed by atoms with van der Waals surface area (Å²) in [5.41, 5.74) is 5.71. The number of hydrogen-bond donors (Lipinski definition) is 1. The van der Waals surface area contributed by atoms with Crippen molar-refractivity contribution in [2.24, 2.45) is 5.73 Å². The molecule has 1 atom stereocenters. The summed E-state index contributed by atoms with van der Waals surface area (Å²) in [7, 11) is 0. The summed E-state index contributed by atoms with van der Waals surface area (Å²) in [6.07, 6.45) is 5.01. The van der Waals surface area contributed by atoms with E-state index in [1.54, 1.807) is 0 Å². The number of likely N-dealkylation sites (tertiary alicyclic amines) is 1. The molecule has 0 radical (unpaired) electrons. The van der Waals surface area contributed by atoms with Crippen molar-refractivity contribution in [1.82, 2.24) is 4.90 Å². The van der Waals surface area contributed by atoms with Crippen molar-refractivity contribution in [1.29, 1.82) is 0 Å². The van der Waals surface area contributed by atoms with Crippen LogP contribution in [0.1, 0.15) is 32.6 Å². The first-order valence-corrected chi connectivity index (χ1v) is 8.13. The monoisotopic (exact) mass is 292 g/mol. The summed E-state index contributed by atoms with van der Waals surface area (Å²) < 4.78 is 11.3. The molecule has 1 aromatic rings. The second kappa shape index (κ2) is 8.90. The highest BCUT2D eigenvalue weighted by molar-refractivity contribution is 5.31. The summed E-state index contributed by atoms with van der Waals surface area (Å²) >= 11 is 0. The van der Waals surface area contributed by atoms with Crippen molar-refractivity contribution in [2.75, 3.05) is 32.8 Å². The highest BCUT2D eigenvalue weighted by Gasteiger charge is 2.21. The molecule has 118 valence electrons. The lowest BCUT2D eigenvalue weighted by molar-refractivity contribution is 0.118. The number of nitrogens with two attached hydrogens (primary N) is 1. The van der Waals surface area contributed by atoms with Crippen molar-refractivity contribution in [3.05, 3.63) is 24.3 Å². The quantitative estimate of drug-likeness (QED) is 0.800. The van der Waals surface area contributed by atoms with E-state index in [0.29, 0.717) is 12.6 Å². The predicted molar refractivity (Wildman–Crippen MR) is 86.0 cm³/mol. The zero-order chi connectivity index (χ0) is 14.9. The molecular formula is C17H28N2O2. The van der Waals surface area contributed by atoms with Gasteiger partial charge in [0.2, 0.25) is 0 Å². The standard InChI is InChI=1S/C17H28N2O2/c1-2-20-16-6-8-17(9-7-16)21-14-13-19-12-4-3-5-15(19)10-11-18/h6-9,15H,2-5,10-14,18H2,1H3. The molecule has 4 nitrogen and oxygen atoms in total. The van der Waals surface area contributed by atoms with Gasteiger partial charge in [-0.25, -0.2) is 0 Å². The summed E-state index contributed by atoms with van der Waals surface area (Å²) in [4.78, 5) is 2.53. The van der Waals surface area contributed by atoms with Gasteiger partial charge in [-0.1, -0.05) is 6.42 Å². The van der Waals surface area contributed by atoms with Crippen LogP contribution in [0.2, 0.25) is 0 Å². The largest absolute Gasteiger partial charge is 0.494 e. The molecule has 0 amide bonds. The van der Waals surface area contributed by atoms with E-state index >= 15 is 0 Å². The van der Waals surface area contributed by atoms with Crippen LogP contribution in [-0.2, 0) is 0 Å². The lowest BCUT2D eigenvalue weighted by Crippen LogP contribution is -2.42. The number of nitrogens with zero attached hydrogens (tertiary/aromatic N) is 1. The Hall–Kier alpha value is -1.26. The van der Waals surface area contributed by atoms with Crippen molar-refractivity contribution >= 4 is 0 Å². The Labute approximate surface area is 128 Å². The van der Waals surface area contributed by atoms with E-state index in [4.69, 9.17) is 15.2 Å². The van der Waals surface area contributed by atoms with Crippen LogP contribution in [0.5, 0.6) is 11.5 Å². The van der Waals surface area contributed by atoms with Crippen LogP contribution < -0.4 is 15.2 Å². The first-order chi connectivity index (χ1) is 10.3. The molecule has 1 aromatic carbocycles. The van der Waals surface area contributed by atoms with Crippen molar-refractivity contribution in [3.63, 3.8) is 0 Å². The van der Waals surface area contributed by atoms with Crippen LogP contribution in [0.3, 0.4) is 0 Å². The molecule has 2 rings (SSSR count). The third-order valence-electron chi connectivity index (χ3n) is 4.03. The van der Waals surface area contributed by atoms with Crippen LogP contribution in [0.4, 0.5) is 0 Å². The second-order valence-corrected chi connectivity index (χ2v) is 5.52. The molecule has 0 aromatic heterocycles. The zero-order valence-corrected chi connectivity index (χ0v) is 13.1. The van der Waals surface area contributed by atoms with Crippen LogP contribution in [0.25, 0.3) is 0 Å². The van der Waals surface area contributed by atoms with Gasteiger partial charge in [0, 0.05) is 12.6 Å². The topological polar surface area (TPSA) is 47.7 Å². The summed E-state index contributed by atoms with van der Waals surface area (Å²) in [5, 5.41) is 0. The van der Waals surface area contributed by atoms with E-state index in [-0.39, 0.29) is 0 Å². The Kier molecular flexibility index (Phi) is 6.83. The van der Waals surface area contributed by atoms with Gasteiger partial charge in [-0.15, -0.1) is 0 Å². The summed E-state index contributed by atoms with van der Waals surface area (Å²) in [5.74, 6) is 1.80. The first-order valence-electron chi connectivity index (χ1n) is 8.13. The van der Waals surface area contributed by atoms with Gasteiger partial charge in [0.15, 0.2) is 0 Å². The highest BCUT2D eigenvalue weighted by atomic mass is 16.5. The van der Waals surface area contributed by atoms with Crippen LogP contribution in [0.15, 0.2) is 24.3 Å². The molecule has 0 aliphatic carbocycles. The normalized spacial score (nSPS) is 19.4. The fourth-order valence-corrected chi connectivity index (χ4v) is 2.95. The van der Waals surface area contributed by atoms with E-state index < -0.39 is 0 Å². The first kappa shape index (κ1) is 16.1. The Morgan fingerprint density at radius 2 is 1.86 bits per heavy atom. The molecule has 1 unspecified atom stereocenters. The Bertz CT molecular complexity index is 392. The lowest BCUT2D eigenvalue weighted by Gasteiger charge is -2.35. The number of ether oxygens (including phenoxy) is 2. The van der Waals surface area contributed by atoms with Crippen LogP contribution >= 0.6 is 0 Å². The molecule has 1 fully saturated rings. The average Bonchev–Trinajstić information content (AvgIpc) is 2.51. The Balaban J connectivity index is 1.74. The Morgan fingerprint density at radius 3 is 2.52 bits per heavy atom. The minimum Gasteiger partial charge on any atom is -0.494 e. The maximum absolute atomic E-state index is 5.84. The maximum Gasteiger partial charge on any atom is 0.119 e. The number of benzene rings is 1. The Morgan fingerprint density at radius 1 is 1.14 bits per heavy atom. The molecule has 1 heterocycles. The van der Waals surface area contributed by atoms with Gasteiger partial charge < -0.3 is 15.2 Å². The molecule has 4 heteroatoms. The maximum atomic E-state index is 5.84. The minimum absolute atomic E-state index is 0.646. The van der Waals surface area contributed by atoms with Gasteiger partial charge in [-0.05, 0) is 63.5 Å². The smallest absolute Gasteiger partial charge is 0.119 e. The molecule has 2 N–H and O–H groups in total. The lowest BCUT2D eigenvalue weighted by atomic mass is 9.99. The SMILES string of the molecule is CCOc1ccc(OCCN2CCCCC2CCN)cc1. The van der Waals surface area contributed by atoms with Crippen molar-refractivity contribution in [2.45, 2.75) is 38.6 Å². The molecule has 0 saturated carbocycles. The third kappa shape index (κ3) is 5.21. The molecular weight excluding hydrogens is 264 g/mol. The van der Waals surface area contributed by atoms with Gasteiger partial charge in [-0.2, -0.15) is 0 Å². The van der Waals surface area contributed by atoms with Crippen molar-refractivity contribution < 1.29 is 9.47 Å². The molecule has 21 heavy (non-hydrogen) atoms.